The van der Waals surface area contributed by atoms with Gasteiger partial charge in [0.05, 0.1) is 12.7 Å². The second kappa shape index (κ2) is 6.19. The molecule has 0 N–H and O–H groups in total. The van der Waals surface area contributed by atoms with Gasteiger partial charge >= 0.3 is 5.97 Å². The Morgan fingerprint density at radius 3 is 2.44 bits per heavy atom. The molecule has 0 aliphatic rings. The van der Waals surface area contributed by atoms with Crippen molar-refractivity contribution >= 4 is 11.8 Å². The normalized spacial score (nSPS) is 10.3. The van der Waals surface area contributed by atoms with Crippen LogP contribution in [-0.4, -0.2) is 24.5 Å². The number of carbonyl (C=O) groups excluding carboxylic acids is 2. The van der Waals surface area contributed by atoms with Crippen LogP contribution < -0.4 is 4.74 Å². The minimum atomic E-state index is -0.821. The fourth-order valence-corrected chi connectivity index (χ4v) is 1.54. The zero-order valence-electron chi connectivity index (χ0n) is 11.1. The number of rotatable bonds is 5. The van der Waals surface area contributed by atoms with Gasteiger partial charge in [-0.2, -0.15) is 0 Å². The maximum Gasteiger partial charge on any atom is 0.379 e. The molecule has 4 nitrogen and oxygen atoms in total. The lowest BCUT2D eigenvalue weighted by Crippen LogP contribution is -2.18. The summed E-state index contributed by atoms with van der Waals surface area (Å²) in [5, 5.41) is 0. The first-order chi connectivity index (χ1) is 8.45. The van der Waals surface area contributed by atoms with Gasteiger partial charge in [-0.15, -0.1) is 0 Å². The fourth-order valence-electron chi connectivity index (χ4n) is 1.54. The average molecular weight is 250 g/mol. The van der Waals surface area contributed by atoms with Crippen molar-refractivity contribution in [3.63, 3.8) is 0 Å². The van der Waals surface area contributed by atoms with Crippen molar-refractivity contribution in [2.75, 3.05) is 6.61 Å². The van der Waals surface area contributed by atoms with Gasteiger partial charge in [0.15, 0.2) is 0 Å². The Hall–Kier alpha value is -1.84. The van der Waals surface area contributed by atoms with Crippen LogP contribution in [0.1, 0.15) is 36.7 Å². The smallest absolute Gasteiger partial charge is 0.379 e. The second-order valence-corrected chi connectivity index (χ2v) is 4.19. The summed E-state index contributed by atoms with van der Waals surface area (Å²) in [6, 6.07) is 5.01. The van der Waals surface area contributed by atoms with Crippen LogP contribution in [0.5, 0.6) is 5.75 Å². The topological polar surface area (TPSA) is 52.6 Å². The SMILES string of the molecule is CCOC(=O)C(=O)c1ccc(OC(C)C)cc1C. The first-order valence-electron chi connectivity index (χ1n) is 5.94. The van der Waals surface area contributed by atoms with E-state index in [1.54, 1.807) is 32.0 Å². The van der Waals surface area contributed by atoms with E-state index in [9.17, 15) is 9.59 Å². The Bertz CT molecular complexity index is 449. The molecule has 0 amide bonds. The second-order valence-electron chi connectivity index (χ2n) is 4.19. The summed E-state index contributed by atoms with van der Waals surface area (Å²) in [5.41, 5.74) is 1.05. The zero-order chi connectivity index (χ0) is 13.7. The molecule has 0 bridgehead atoms. The molecule has 1 aromatic carbocycles. The van der Waals surface area contributed by atoms with E-state index in [1.807, 2.05) is 13.8 Å². The van der Waals surface area contributed by atoms with Gasteiger partial charge in [-0.1, -0.05) is 0 Å². The van der Waals surface area contributed by atoms with E-state index < -0.39 is 11.8 Å². The summed E-state index contributed by atoms with van der Waals surface area (Å²) < 4.78 is 10.2. The number of aryl methyl sites for hydroxylation is 1. The van der Waals surface area contributed by atoms with E-state index in [0.717, 1.165) is 0 Å². The summed E-state index contributed by atoms with van der Waals surface area (Å²) >= 11 is 0. The lowest BCUT2D eigenvalue weighted by Gasteiger charge is -2.11. The molecule has 1 rings (SSSR count). The predicted octanol–water partition coefficient (Wildman–Crippen LogP) is 2.53. The highest BCUT2D eigenvalue weighted by atomic mass is 16.5. The molecule has 0 aromatic heterocycles. The number of ketones is 1. The molecule has 0 radical (unpaired) electrons. The summed E-state index contributed by atoms with van der Waals surface area (Å²) in [5.74, 6) is -0.758. The van der Waals surface area contributed by atoms with Crippen LogP contribution in [0.2, 0.25) is 0 Å². The van der Waals surface area contributed by atoms with Crippen LogP contribution in [0.25, 0.3) is 0 Å². The number of benzene rings is 1. The van der Waals surface area contributed by atoms with Crippen molar-refractivity contribution in [2.24, 2.45) is 0 Å². The first-order valence-corrected chi connectivity index (χ1v) is 5.94. The van der Waals surface area contributed by atoms with Crippen LogP contribution in [0.3, 0.4) is 0 Å². The molecule has 0 saturated heterocycles. The van der Waals surface area contributed by atoms with Gasteiger partial charge in [0.25, 0.3) is 5.78 Å². The standard InChI is InChI=1S/C14H18O4/c1-5-17-14(16)13(15)12-7-6-11(8-10(12)4)18-9(2)3/h6-9H,5H2,1-4H3. The molecular formula is C14H18O4. The van der Waals surface area contributed by atoms with Crippen molar-refractivity contribution in [1.29, 1.82) is 0 Å². The quantitative estimate of drug-likeness (QED) is 0.458. The van der Waals surface area contributed by atoms with Crippen molar-refractivity contribution < 1.29 is 19.1 Å². The molecule has 0 atom stereocenters. The number of carbonyl (C=O) groups is 2. The number of hydrogen-bond donors (Lipinski definition) is 0. The summed E-state index contributed by atoms with van der Waals surface area (Å²) in [4.78, 5) is 23.1. The van der Waals surface area contributed by atoms with Gasteiger partial charge < -0.3 is 9.47 Å². The van der Waals surface area contributed by atoms with Gasteiger partial charge in [-0.05, 0) is 51.5 Å². The summed E-state index contributed by atoms with van der Waals surface area (Å²) in [6.45, 7) is 7.47. The van der Waals surface area contributed by atoms with E-state index in [2.05, 4.69) is 4.74 Å². The Morgan fingerprint density at radius 1 is 1.28 bits per heavy atom. The molecule has 0 saturated carbocycles. The molecule has 1 aromatic rings. The monoisotopic (exact) mass is 250 g/mol. The maximum absolute atomic E-state index is 11.8. The van der Waals surface area contributed by atoms with Gasteiger partial charge in [0.2, 0.25) is 0 Å². The largest absolute Gasteiger partial charge is 0.491 e. The van der Waals surface area contributed by atoms with Crippen LogP contribution >= 0.6 is 0 Å². The van der Waals surface area contributed by atoms with Crippen LogP contribution in [-0.2, 0) is 9.53 Å². The molecule has 0 aliphatic heterocycles. The highest BCUT2D eigenvalue weighted by Crippen LogP contribution is 2.19. The molecule has 0 aliphatic carbocycles. The number of esters is 1. The van der Waals surface area contributed by atoms with Gasteiger partial charge in [0.1, 0.15) is 5.75 Å². The molecular weight excluding hydrogens is 232 g/mol. The third-order valence-corrected chi connectivity index (χ3v) is 2.28. The minimum absolute atomic E-state index is 0.0657. The summed E-state index contributed by atoms with van der Waals surface area (Å²) in [7, 11) is 0. The Kier molecular flexibility index (Phi) is 4.89. The third kappa shape index (κ3) is 3.58. The highest BCUT2D eigenvalue weighted by Gasteiger charge is 2.19. The lowest BCUT2D eigenvalue weighted by atomic mass is 10.0. The van der Waals surface area contributed by atoms with Crippen molar-refractivity contribution in [3.05, 3.63) is 29.3 Å². The Balaban J connectivity index is 2.91. The van der Waals surface area contributed by atoms with Gasteiger partial charge in [0, 0.05) is 5.56 Å². The molecule has 0 spiro atoms. The molecule has 18 heavy (non-hydrogen) atoms. The van der Waals surface area contributed by atoms with E-state index in [0.29, 0.717) is 16.9 Å². The first kappa shape index (κ1) is 14.2. The fraction of sp³-hybridized carbons (Fsp3) is 0.429. The molecule has 98 valence electrons. The van der Waals surface area contributed by atoms with Crippen molar-refractivity contribution in [2.45, 2.75) is 33.8 Å². The molecule has 0 unspecified atom stereocenters. The van der Waals surface area contributed by atoms with E-state index in [4.69, 9.17) is 4.74 Å². The molecule has 0 heterocycles. The van der Waals surface area contributed by atoms with Gasteiger partial charge in [-0.25, -0.2) is 4.79 Å². The van der Waals surface area contributed by atoms with Crippen LogP contribution in [0, 0.1) is 6.92 Å². The maximum atomic E-state index is 11.8. The highest BCUT2D eigenvalue weighted by molar-refractivity contribution is 6.41. The predicted molar refractivity (Wildman–Crippen MR) is 67.9 cm³/mol. The molecule has 4 heteroatoms. The van der Waals surface area contributed by atoms with Gasteiger partial charge in [-0.3, -0.25) is 4.79 Å². The van der Waals surface area contributed by atoms with E-state index >= 15 is 0 Å². The summed E-state index contributed by atoms with van der Waals surface area (Å²) in [6.07, 6.45) is 0.0657. The lowest BCUT2D eigenvalue weighted by molar-refractivity contribution is -0.137. The van der Waals surface area contributed by atoms with Crippen LogP contribution in [0.15, 0.2) is 18.2 Å². The zero-order valence-corrected chi connectivity index (χ0v) is 11.1. The Labute approximate surface area is 107 Å². The van der Waals surface area contributed by atoms with E-state index in [-0.39, 0.29) is 12.7 Å². The minimum Gasteiger partial charge on any atom is -0.491 e. The Morgan fingerprint density at radius 2 is 1.94 bits per heavy atom. The van der Waals surface area contributed by atoms with Crippen LogP contribution in [0.4, 0.5) is 0 Å². The number of Topliss-reactive ketones (excluding diaryl/α,β-unsaturated/α-hetero) is 1. The molecule has 0 fully saturated rings. The number of ether oxygens (including phenoxy) is 2. The number of hydrogen-bond acceptors (Lipinski definition) is 4. The van der Waals surface area contributed by atoms with E-state index in [1.165, 1.54) is 0 Å². The van der Waals surface area contributed by atoms with Crippen molar-refractivity contribution in [3.8, 4) is 5.75 Å². The average Bonchev–Trinajstić information content (AvgIpc) is 2.28. The third-order valence-electron chi connectivity index (χ3n) is 2.28. The van der Waals surface area contributed by atoms with Crippen molar-refractivity contribution in [1.82, 2.24) is 0 Å².